The molecule has 6 heteroatoms. The number of Topliss-reactive ketones (excluding diaryl/α,β-unsaturated/α-hetero) is 1. The predicted molar refractivity (Wildman–Crippen MR) is 62.5 cm³/mol. The van der Waals surface area contributed by atoms with Crippen molar-refractivity contribution in [1.29, 1.82) is 0 Å². The maximum absolute atomic E-state index is 11.2. The van der Waals surface area contributed by atoms with Crippen molar-refractivity contribution in [2.75, 3.05) is 13.6 Å². The first-order valence-electron chi connectivity index (χ1n) is 5.43. The number of nitrogens with one attached hydrogen (secondary N) is 2. The lowest BCUT2D eigenvalue weighted by molar-refractivity contribution is -0.127. The number of ketones is 1. The van der Waals surface area contributed by atoms with Crippen molar-refractivity contribution < 1.29 is 19.1 Å². The molecule has 0 saturated heterocycles. The highest BCUT2D eigenvalue weighted by Gasteiger charge is 2.16. The van der Waals surface area contributed by atoms with Gasteiger partial charge in [-0.1, -0.05) is 0 Å². The van der Waals surface area contributed by atoms with E-state index in [0.29, 0.717) is 0 Å². The Bertz CT molecular complexity index is 294. The van der Waals surface area contributed by atoms with Crippen molar-refractivity contribution in [3.8, 4) is 0 Å². The van der Waals surface area contributed by atoms with Gasteiger partial charge in [0.25, 0.3) is 0 Å². The van der Waals surface area contributed by atoms with Gasteiger partial charge in [-0.2, -0.15) is 0 Å². The Morgan fingerprint density at radius 1 is 1.18 bits per heavy atom. The molecule has 0 atom stereocenters. The SMILES string of the molecule is CNC(=O)CC(=O)CCNC(=O)OC(C)(C)C. The Morgan fingerprint density at radius 2 is 1.76 bits per heavy atom. The molecule has 0 aromatic rings. The first-order valence-corrected chi connectivity index (χ1v) is 5.43. The molecule has 2 amide bonds. The smallest absolute Gasteiger partial charge is 0.407 e. The molecule has 98 valence electrons. The third kappa shape index (κ3) is 9.35. The van der Waals surface area contributed by atoms with Crippen LogP contribution in [0.2, 0.25) is 0 Å². The van der Waals surface area contributed by atoms with Crippen LogP contribution in [0.15, 0.2) is 0 Å². The van der Waals surface area contributed by atoms with Crippen LogP contribution >= 0.6 is 0 Å². The fourth-order valence-corrected chi connectivity index (χ4v) is 0.974. The van der Waals surface area contributed by atoms with Crippen molar-refractivity contribution >= 4 is 17.8 Å². The van der Waals surface area contributed by atoms with E-state index in [1.807, 2.05) is 0 Å². The summed E-state index contributed by atoms with van der Waals surface area (Å²) in [6.45, 7) is 5.43. The van der Waals surface area contributed by atoms with Crippen LogP contribution in [-0.2, 0) is 14.3 Å². The molecule has 0 aliphatic carbocycles. The van der Waals surface area contributed by atoms with Gasteiger partial charge < -0.3 is 15.4 Å². The molecule has 0 aromatic carbocycles. The van der Waals surface area contributed by atoms with Crippen LogP contribution < -0.4 is 10.6 Å². The van der Waals surface area contributed by atoms with Gasteiger partial charge in [-0.15, -0.1) is 0 Å². The maximum atomic E-state index is 11.2. The molecule has 0 radical (unpaired) electrons. The average Bonchev–Trinajstić information content (AvgIpc) is 2.14. The second-order valence-electron chi connectivity index (χ2n) is 4.57. The minimum atomic E-state index is -0.565. The summed E-state index contributed by atoms with van der Waals surface area (Å²) >= 11 is 0. The molecule has 0 spiro atoms. The number of carbonyl (C=O) groups excluding carboxylic acids is 3. The highest BCUT2D eigenvalue weighted by molar-refractivity contribution is 5.98. The van der Waals surface area contributed by atoms with Crippen LogP contribution in [0.5, 0.6) is 0 Å². The molecular weight excluding hydrogens is 224 g/mol. The van der Waals surface area contributed by atoms with Crippen molar-refractivity contribution in [2.45, 2.75) is 39.2 Å². The molecule has 2 N–H and O–H groups in total. The Morgan fingerprint density at radius 3 is 2.24 bits per heavy atom. The monoisotopic (exact) mass is 244 g/mol. The Labute approximate surface area is 101 Å². The van der Waals surface area contributed by atoms with Crippen LogP contribution in [0.25, 0.3) is 0 Å². The zero-order valence-corrected chi connectivity index (χ0v) is 10.8. The third-order valence-corrected chi connectivity index (χ3v) is 1.71. The van der Waals surface area contributed by atoms with E-state index >= 15 is 0 Å². The van der Waals surface area contributed by atoms with E-state index in [4.69, 9.17) is 4.74 Å². The lowest BCUT2D eigenvalue weighted by atomic mass is 10.2. The number of amides is 2. The molecule has 0 aliphatic heterocycles. The summed E-state index contributed by atoms with van der Waals surface area (Å²) in [6.07, 6.45) is -0.607. The van der Waals surface area contributed by atoms with Crippen molar-refractivity contribution in [2.24, 2.45) is 0 Å². The van der Waals surface area contributed by atoms with Gasteiger partial charge in [0.05, 0.1) is 6.42 Å². The van der Waals surface area contributed by atoms with Gasteiger partial charge >= 0.3 is 6.09 Å². The molecule has 0 rings (SSSR count). The Hall–Kier alpha value is -1.59. The normalized spacial score (nSPS) is 10.6. The number of ether oxygens (including phenoxy) is 1. The number of rotatable bonds is 5. The summed E-state index contributed by atoms with van der Waals surface area (Å²) in [5.74, 6) is -0.548. The summed E-state index contributed by atoms with van der Waals surface area (Å²) in [5, 5.41) is 4.80. The van der Waals surface area contributed by atoms with E-state index < -0.39 is 11.7 Å². The van der Waals surface area contributed by atoms with Crippen LogP contribution in [0.3, 0.4) is 0 Å². The molecule has 0 unspecified atom stereocenters. The highest BCUT2D eigenvalue weighted by atomic mass is 16.6. The van der Waals surface area contributed by atoms with E-state index in [0.717, 1.165) is 0 Å². The van der Waals surface area contributed by atoms with Gasteiger partial charge in [0, 0.05) is 20.0 Å². The van der Waals surface area contributed by atoms with Gasteiger partial charge in [-0.3, -0.25) is 9.59 Å². The molecule has 0 aliphatic rings. The van der Waals surface area contributed by atoms with E-state index in [1.54, 1.807) is 20.8 Å². The van der Waals surface area contributed by atoms with E-state index in [-0.39, 0.29) is 31.1 Å². The summed E-state index contributed by atoms with van der Waals surface area (Å²) in [5.41, 5.74) is -0.559. The predicted octanol–water partition coefficient (Wildman–Crippen LogP) is 0.606. The lowest BCUT2D eigenvalue weighted by Crippen LogP contribution is -2.34. The average molecular weight is 244 g/mol. The Balaban J connectivity index is 3.74. The maximum Gasteiger partial charge on any atom is 0.407 e. The molecule has 0 bridgehead atoms. The standard InChI is InChI=1S/C11H20N2O4/c1-11(2,3)17-10(16)13-6-5-8(14)7-9(15)12-4/h5-7H2,1-4H3,(H,12,15)(H,13,16). The summed E-state index contributed by atoms with van der Waals surface area (Å²) in [4.78, 5) is 33.3. The summed E-state index contributed by atoms with van der Waals surface area (Å²) in [7, 11) is 1.47. The molecule has 0 aromatic heterocycles. The van der Waals surface area contributed by atoms with E-state index in [2.05, 4.69) is 10.6 Å². The topological polar surface area (TPSA) is 84.5 Å². The van der Waals surface area contributed by atoms with Crippen molar-refractivity contribution in [1.82, 2.24) is 10.6 Å². The molecule has 0 saturated carbocycles. The van der Waals surface area contributed by atoms with Crippen LogP contribution in [-0.4, -0.2) is 37.0 Å². The second kappa shape index (κ2) is 6.88. The number of carbonyl (C=O) groups is 3. The van der Waals surface area contributed by atoms with E-state index in [9.17, 15) is 14.4 Å². The van der Waals surface area contributed by atoms with Crippen molar-refractivity contribution in [3.63, 3.8) is 0 Å². The molecular formula is C11H20N2O4. The molecule has 17 heavy (non-hydrogen) atoms. The first-order chi connectivity index (χ1) is 7.74. The number of alkyl carbamates (subject to hydrolysis) is 1. The lowest BCUT2D eigenvalue weighted by Gasteiger charge is -2.19. The molecule has 6 nitrogen and oxygen atoms in total. The van der Waals surface area contributed by atoms with E-state index in [1.165, 1.54) is 7.05 Å². The second-order valence-corrected chi connectivity index (χ2v) is 4.57. The summed E-state index contributed by atoms with van der Waals surface area (Å²) < 4.78 is 4.98. The zero-order chi connectivity index (χ0) is 13.5. The highest BCUT2D eigenvalue weighted by Crippen LogP contribution is 2.06. The first kappa shape index (κ1) is 15.4. The largest absolute Gasteiger partial charge is 0.444 e. The van der Waals surface area contributed by atoms with Gasteiger partial charge in [0.2, 0.25) is 5.91 Å². The zero-order valence-electron chi connectivity index (χ0n) is 10.8. The fourth-order valence-electron chi connectivity index (χ4n) is 0.974. The molecule has 0 heterocycles. The Kier molecular flexibility index (Phi) is 6.23. The van der Waals surface area contributed by atoms with Gasteiger partial charge in [0.1, 0.15) is 11.4 Å². The minimum absolute atomic E-state index is 0.118. The van der Waals surface area contributed by atoms with Crippen LogP contribution in [0.1, 0.15) is 33.6 Å². The quantitative estimate of drug-likeness (QED) is 0.694. The number of hydrogen-bond donors (Lipinski definition) is 2. The molecule has 0 fully saturated rings. The van der Waals surface area contributed by atoms with Crippen LogP contribution in [0.4, 0.5) is 4.79 Å². The van der Waals surface area contributed by atoms with Crippen molar-refractivity contribution in [3.05, 3.63) is 0 Å². The third-order valence-electron chi connectivity index (χ3n) is 1.71. The minimum Gasteiger partial charge on any atom is -0.444 e. The number of hydrogen-bond acceptors (Lipinski definition) is 4. The van der Waals surface area contributed by atoms with Gasteiger partial charge in [-0.25, -0.2) is 4.79 Å². The van der Waals surface area contributed by atoms with Gasteiger partial charge in [-0.05, 0) is 20.8 Å². The van der Waals surface area contributed by atoms with Gasteiger partial charge in [0.15, 0.2) is 0 Å². The fraction of sp³-hybridized carbons (Fsp3) is 0.727. The summed E-state index contributed by atoms with van der Waals surface area (Å²) in [6, 6.07) is 0. The van der Waals surface area contributed by atoms with Crippen LogP contribution in [0, 0.1) is 0 Å².